The molecule has 1 atom stereocenters. The number of halogens is 1. The number of nitrogens with one attached hydrogen (secondary N) is 1. The summed E-state index contributed by atoms with van der Waals surface area (Å²) < 4.78 is 5.06. The summed E-state index contributed by atoms with van der Waals surface area (Å²) in [6, 6.07) is 7.39. The number of hydrogen-bond acceptors (Lipinski definition) is 4. The Morgan fingerprint density at radius 1 is 1.26 bits per heavy atom. The van der Waals surface area contributed by atoms with Gasteiger partial charge in [0.25, 0.3) is 0 Å². The molecule has 0 spiro atoms. The minimum absolute atomic E-state index is 0. The Morgan fingerprint density at radius 2 is 2.00 bits per heavy atom. The highest BCUT2D eigenvalue weighted by molar-refractivity contribution is 5.85. The van der Waals surface area contributed by atoms with Crippen LogP contribution in [0.4, 0.5) is 0 Å². The average Bonchev–Trinajstić information content (AvgIpc) is 3.19. The van der Waals surface area contributed by atoms with Crippen molar-refractivity contribution in [2.24, 2.45) is 14.1 Å². The molecule has 0 bridgehead atoms. The molecule has 1 amide bonds. The molecule has 2 aromatic heterocycles. The number of aryl methyl sites for hydroxylation is 2. The fourth-order valence-electron chi connectivity index (χ4n) is 3.67. The van der Waals surface area contributed by atoms with Gasteiger partial charge >= 0.3 is 5.69 Å². The third-order valence-electron chi connectivity index (χ3n) is 5.07. The summed E-state index contributed by atoms with van der Waals surface area (Å²) in [4.78, 5) is 31.9. The summed E-state index contributed by atoms with van der Waals surface area (Å²) in [5, 5.41) is 3.32. The lowest BCUT2D eigenvalue weighted by Crippen LogP contribution is -2.50. The van der Waals surface area contributed by atoms with Crippen LogP contribution in [0.3, 0.4) is 0 Å². The first-order valence-corrected chi connectivity index (χ1v) is 8.69. The maximum absolute atomic E-state index is 13.1. The lowest BCUT2D eigenvalue weighted by molar-refractivity contribution is -0.135. The van der Waals surface area contributed by atoms with E-state index >= 15 is 0 Å². The number of aromatic nitrogens is 4. The lowest BCUT2D eigenvalue weighted by atomic mass is 10.1. The van der Waals surface area contributed by atoms with Crippen molar-refractivity contribution in [1.82, 2.24) is 28.9 Å². The molecule has 0 saturated carbocycles. The first-order chi connectivity index (χ1) is 12.6. The lowest BCUT2D eigenvalue weighted by Gasteiger charge is -2.35. The predicted molar refractivity (Wildman–Crippen MR) is 105 cm³/mol. The van der Waals surface area contributed by atoms with Crippen LogP contribution in [-0.2, 0) is 25.4 Å². The van der Waals surface area contributed by atoms with Gasteiger partial charge in [0.2, 0.25) is 5.91 Å². The van der Waals surface area contributed by atoms with E-state index < -0.39 is 0 Å². The highest BCUT2D eigenvalue weighted by Gasteiger charge is 2.31. The van der Waals surface area contributed by atoms with Gasteiger partial charge in [0.15, 0.2) is 0 Å². The van der Waals surface area contributed by atoms with Crippen LogP contribution in [0.5, 0.6) is 0 Å². The molecule has 8 nitrogen and oxygen atoms in total. The zero-order valence-corrected chi connectivity index (χ0v) is 16.1. The highest BCUT2D eigenvalue weighted by atomic mass is 35.5. The molecule has 1 aliphatic heterocycles. The SMILES string of the molecule is Cl.Cn1ccnc1C1CNCCN1C(=O)Cn1c(=O)n(C)c2ccccc21. The van der Waals surface area contributed by atoms with Crippen LogP contribution in [0.15, 0.2) is 41.5 Å². The largest absolute Gasteiger partial charge is 0.336 e. The molecule has 0 aliphatic carbocycles. The van der Waals surface area contributed by atoms with Gasteiger partial charge in [-0.1, -0.05) is 12.1 Å². The molecule has 1 aliphatic rings. The number of carbonyl (C=O) groups excluding carboxylic acids is 1. The van der Waals surface area contributed by atoms with E-state index in [4.69, 9.17) is 0 Å². The van der Waals surface area contributed by atoms with Crippen LogP contribution in [0.2, 0.25) is 0 Å². The van der Waals surface area contributed by atoms with Crippen LogP contribution < -0.4 is 11.0 Å². The van der Waals surface area contributed by atoms with Crippen LogP contribution in [0.1, 0.15) is 11.9 Å². The summed E-state index contributed by atoms with van der Waals surface area (Å²) in [6.07, 6.45) is 3.61. The second-order valence-electron chi connectivity index (χ2n) is 6.62. The second-order valence-corrected chi connectivity index (χ2v) is 6.62. The van der Waals surface area contributed by atoms with Crippen molar-refractivity contribution < 1.29 is 4.79 Å². The van der Waals surface area contributed by atoms with Gasteiger partial charge in [-0.15, -0.1) is 12.4 Å². The molecule has 9 heteroatoms. The van der Waals surface area contributed by atoms with Crippen LogP contribution in [0.25, 0.3) is 11.0 Å². The molecule has 0 radical (unpaired) electrons. The molecule has 3 heterocycles. The Hall–Kier alpha value is -2.58. The zero-order valence-electron chi connectivity index (χ0n) is 15.3. The van der Waals surface area contributed by atoms with E-state index in [9.17, 15) is 9.59 Å². The fourth-order valence-corrected chi connectivity index (χ4v) is 3.67. The molecular weight excluding hydrogens is 368 g/mol. The average molecular weight is 391 g/mol. The number of nitrogens with zero attached hydrogens (tertiary/aromatic N) is 5. The van der Waals surface area contributed by atoms with Gasteiger partial charge in [-0.05, 0) is 12.1 Å². The number of piperazine rings is 1. The minimum atomic E-state index is -0.178. The third kappa shape index (κ3) is 3.26. The van der Waals surface area contributed by atoms with Crippen molar-refractivity contribution in [2.75, 3.05) is 19.6 Å². The summed E-state index contributed by atoms with van der Waals surface area (Å²) >= 11 is 0. The first-order valence-electron chi connectivity index (χ1n) is 8.69. The van der Waals surface area contributed by atoms with Crippen LogP contribution in [-0.4, -0.2) is 49.1 Å². The number of fused-ring (bicyclic) bond motifs is 1. The first kappa shape index (κ1) is 19.2. The zero-order chi connectivity index (χ0) is 18.3. The maximum atomic E-state index is 13.1. The van der Waals surface area contributed by atoms with Gasteiger partial charge < -0.3 is 14.8 Å². The van der Waals surface area contributed by atoms with E-state index in [0.29, 0.717) is 13.1 Å². The summed E-state index contributed by atoms with van der Waals surface area (Å²) in [5.74, 6) is 0.772. The van der Waals surface area contributed by atoms with E-state index in [1.54, 1.807) is 22.4 Å². The van der Waals surface area contributed by atoms with Gasteiger partial charge in [-0.3, -0.25) is 13.9 Å². The number of imidazole rings is 2. The number of rotatable bonds is 3. The minimum Gasteiger partial charge on any atom is -0.336 e. The third-order valence-corrected chi connectivity index (χ3v) is 5.07. The molecule has 144 valence electrons. The van der Waals surface area contributed by atoms with Crippen molar-refractivity contribution in [3.8, 4) is 0 Å². The normalized spacial score (nSPS) is 17.1. The molecule has 1 unspecified atom stereocenters. The van der Waals surface area contributed by atoms with Crippen molar-refractivity contribution in [2.45, 2.75) is 12.6 Å². The van der Waals surface area contributed by atoms with Gasteiger partial charge in [0, 0.05) is 46.1 Å². The number of carbonyl (C=O) groups is 1. The molecule has 1 N–H and O–H groups in total. The van der Waals surface area contributed by atoms with E-state index in [0.717, 1.165) is 23.4 Å². The molecule has 3 aromatic rings. The van der Waals surface area contributed by atoms with Gasteiger partial charge in [-0.2, -0.15) is 0 Å². The molecule has 1 saturated heterocycles. The quantitative estimate of drug-likeness (QED) is 0.713. The predicted octanol–water partition coefficient (Wildman–Crippen LogP) is 0.668. The fraction of sp³-hybridized carbons (Fsp3) is 0.389. The van der Waals surface area contributed by atoms with Crippen LogP contribution in [0, 0.1) is 0 Å². The van der Waals surface area contributed by atoms with E-state index in [1.165, 1.54) is 0 Å². The van der Waals surface area contributed by atoms with E-state index in [2.05, 4.69) is 10.3 Å². The standard InChI is InChI=1S/C18H22N6O2.ClH/c1-21-9-8-20-17(21)15-11-19-7-10-23(15)16(25)12-24-14-6-4-3-5-13(14)22(2)18(24)26;/h3-6,8-9,15,19H,7,10-12H2,1-2H3;1H. The van der Waals surface area contributed by atoms with Gasteiger partial charge in [-0.25, -0.2) is 9.78 Å². The topological polar surface area (TPSA) is 77.1 Å². The summed E-state index contributed by atoms with van der Waals surface area (Å²) in [6.45, 7) is 2.01. The Morgan fingerprint density at radius 3 is 2.70 bits per heavy atom. The van der Waals surface area contributed by atoms with E-state index in [1.807, 2.05) is 47.0 Å². The number of hydrogen-bond donors (Lipinski definition) is 1. The van der Waals surface area contributed by atoms with Crippen LogP contribution >= 0.6 is 12.4 Å². The van der Waals surface area contributed by atoms with Gasteiger partial charge in [0.1, 0.15) is 18.4 Å². The van der Waals surface area contributed by atoms with Crippen molar-refractivity contribution in [3.63, 3.8) is 0 Å². The Kier molecular flexibility index (Phi) is 5.38. The highest BCUT2D eigenvalue weighted by Crippen LogP contribution is 2.21. The Balaban J connectivity index is 0.00000210. The monoisotopic (exact) mass is 390 g/mol. The molecule has 27 heavy (non-hydrogen) atoms. The molecule has 4 rings (SSSR count). The maximum Gasteiger partial charge on any atom is 0.329 e. The molecule has 1 fully saturated rings. The second kappa shape index (κ2) is 7.58. The Bertz CT molecular complexity index is 1020. The van der Waals surface area contributed by atoms with Crippen molar-refractivity contribution in [3.05, 3.63) is 53.0 Å². The summed E-state index contributed by atoms with van der Waals surface area (Å²) in [5.41, 5.74) is 1.42. The van der Waals surface area contributed by atoms with Crippen molar-refractivity contribution >= 4 is 29.3 Å². The molecule has 1 aromatic carbocycles. The smallest absolute Gasteiger partial charge is 0.329 e. The Labute approximate surface area is 162 Å². The number of benzene rings is 1. The van der Waals surface area contributed by atoms with E-state index in [-0.39, 0.29) is 36.6 Å². The number of amides is 1. The molecular formula is C18H23ClN6O2. The van der Waals surface area contributed by atoms with Gasteiger partial charge in [0.05, 0.1) is 11.0 Å². The number of para-hydroxylation sites is 2. The van der Waals surface area contributed by atoms with Crippen molar-refractivity contribution in [1.29, 1.82) is 0 Å². The summed E-state index contributed by atoms with van der Waals surface area (Å²) in [7, 11) is 3.65.